The van der Waals surface area contributed by atoms with Gasteiger partial charge in [-0.2, -0.15) is 0 Å². The van der Waals surface area contributed by atoms with Gasteiger partial charge in [0.1, 0.15) is 5.75 Å². The summed E-state index contributed by atoms with van der Waals surface area (Å²) < 4.78 is 5.36. The average Bonchev–Trinajstić information content (AvgIpc) is 2.05. The lowest BCUT2D eigenvalue weighted by Gasteiger charge is -2.07. The molecule has 0 aliphatic heterocycles. The third kappa shape index (κ3) is 3.37. The number of benzene rings is 1. The third-order valence-corrected chi connectivity index (χ3v) is 1.46. The molecule has 0 amide bonds. The van der Waals surface area contributed by atoms with Gasteiger partial charge in [-0.05, 0) is 12.1 Å². The van der Waals surface area contributed by atoms with Crippen LogP contribution < -0.4 is 16.2 Å². The molecule has 0 heterocycles. The van der Waals surface area contributed by atoms with Gasteiger partial charge in [0, 0.05) is 6.42 Å². The highest BCUT2D eigenvalue weighted by atomic mass is 16.5. The van der Waals surface area contributed by atoms with Crippen LogP contribution in [0.1, 0.15) is 6.42 Å². The first kappa shape index (κ1) is 9.03. The number of nitrogens with two attached hydrogens (primary N) is 2. The lowest BCUT2D eigenvalue weighted by molar-refractivity contribution is 0.299. The normalized spacial score (nSPS) is 10.2. The van der Waals surface area contributed by atoms with Crippen molar-refractivity contribution in [1.82, 2.24) is 0 Å². The van der Waals surface area contributed by atoms with E-state index in [2.05, 4.69) is 0 Å². The molecule has 0 saturated carbocycles. The molecule has 12 heavy (non-hydrogen) atoms. The second-order valence-corrected chi connectivity index (χ2v) is 2.61. The van der Waals surface area contributed by atoms with Crippen LogP contribution in [-0.2, 0) is 0 Å². The molecule has 3 heteroatoms. The highest BCUT2D eigenvalue weighted by Crippen LogP contribution is 2.08. The van der Waals surface area contributed by atoms with Crippen LogP contribution in [-0.4, -0.2) is 12.8 Å². The van der Waals surface area contributed by atoms with Gasteiger partial charge in [0.15, 0.2) is 0 Å². The summed E-state index contributed by atoms with van der Waals surface area (Å²) in [6, 6.07) is 9.61. The van der Waals surface area contributed by atoms with Gasteiger partial charge < -0.3 is 16.2 Å². The van der Waals surface area contributed by atoms with Crippen molar-refractivity contribution in [2.45, 2.75) is 12.6 Å². The van der Waals surface area contributed by atoms with Crippen LogP contribution in [0.4, 0.5) is 0 Å². The number of para-hydroxylation sites is 1. The Bertz CT molecular complexity index is 211. The second-order valence-electron chi connectivity index (χ2n) is 2.61. The van der Waals surface area contributed by atoms with Gasteiger partial charge in [-0.15, -0.1) is 0 Å². The van der Waals surface area contributed by atoms with Gasteiger partial charge in [-0.25, -0.2) is 0 Å². The van der Waals surface area contributed by atoms with Crippen LogP contribution in [0.2, 0.25) is 0 Å². The molecule has 3 nitrogen and oxygen atoms in total. The van der Waals surface area contributed by atoms with E-state index in [1.165, 1.54) is 0 Å². The number of rotatable bonds is 4. The van der Waals surface area contributed by atoms with Crippen LogP contribution in [0.15, 0.2) is 30.3 Å². The van der Waals surface area contributed by atoms with E-state index in [9.17, 15) is 0 Å². The fourth-order valence-corrected chi connectivity index (χ4v) is 0.830. The summed E-state index contributed by atoms with van der Waals surface area (Å²) in [5.41, 5.74) is 10.7. The van der Waals surface area contributed by atoms with E-state index in [1.807, 2.05) is 30.3 Å². The van der Waals surface area contributed by atoms with E-state index in [0.717, 1.165) is 5.75 Å². The summed E-state index contributed by atoms with van der Waals surface area (Å²) in [5, 5.41) is 0. The van der Waals surface area contributed by atoms with Crippen molar-refractivity contribution < 1.29 is 4.74 Å². The number of ether oxygens (including phenoxy) is 1. The van der Waals surface area contributed by atoms with Crippen LogP contribution >= 0.6 is 0 Å². The molecule has 0 unspecified atom stereocenters. The molecule has 0 aliphatic rings. The fraction of sp³-hybridized carbons (Fsp3) is 0.333. The lowest BCUT2D eigenvalue weighted by atomic mass is 10.3. The molecule has 4 N–H and O–H groups in total. The molecule has 1 aromatic carbocycles. The van der Waals surface area contributed by atoms with E-state index < -0.39 is 0 Å². The van der Waals surface area contributed by atoms with E-state index in [1.54, 1.807) is 0 Å². The molecule has 0 radical (unpaired) electrons. The second kappa shape index (κ2) is 4.74. The molecule has 0 aliphatic carbocycles. The summed E-state index contributed by atoms with van der Waals surface area (Å²) in [6.07, 6.45) is 0.392. The molecule has 1 aromatic rings. The van der Waals surface area contributed by atoms with Crippen molar-refractivity contribution >= 4 is 0 Å². The Hall–Kier alpha value is -1.06. The van der Waals surface area contributed by atoms with Gasteiger partial charge >= 0.3 is 0 Å². The van der Waals surface area contributed by atoms with Gasteiger partial charge in [0.05, 0.1) is 12.8 Å². The van der Waals surface area contributed by atoms with E-state index in [0.29, 0.717) is 13.0 Å². The molecule has 0 bridgehead atoms. The van der Waals surface area contributed by atoms with Crippen LogP contribution in [0.3, 0.4) is 0 Å². The van der Waals surface area contributed by atoms with Gasteiger partial charge in [0.25, 0.3) is 0 Å². The Morgan fingerprint density at radius 1 is 1.17 bits per heavy atom. The van der Waals surface area contributed by atoms with Crippen LogP contribution in [0.5, 0.6) is 5.75 Å². The molecule has 0 saturated heterocycles. The Labute approximate surface area is 72.3 Å². The highest BCUT2D eigenvalue weighted by molar-refractivity contribution is 5.20. The van der Waals surface area contributed by atoms with Crippen molar-refractivity contribution in [3.05, 3.63) is 30.3 Å². The van der Waals surface area contributed by atoms with Gasteiger partial charge in [-0.3, -0.25) is 0 Å². The maximum atomic E-state index is 5.36. The Morgan fingerprint density at radius 2 is 1.83 bits per heavy atom. The largest absolute Gasteiger partial charge is 0.493 e. The maximum Gasteiger partial charge on any atom is 0.119 e. The maximum absolute atomic E-state index is 5.36. The molecular weight excluding hydrogens is 152 g/mol. The monoisotopic (exact) mass is 166 g/mol. The number of hydrogen-bond donors (Lipinski definition) is 2. The smallest absolute Gasteiger partial charge is 0.119 e. The van der Waals surface area contributed by atoms with Crippen molar-refractivity contribution in [1.29, 1.82) is 0 Å². The first-order chi connectivity index (χ1) is 5.79. The quantitative estimate of drug-likeness (QED) is 0.647. The predicted molar refractivity (Wildman–Crippen MR) is 48.7 cm³/mol. The molecule has 66 valence electrons. The molecule has 1 rings (SSSR count). The minimum atomic E-state index is -0.284. The lowest BCUT2D eigenvalue weighted by Crippen LogP contribution is -2.31. The van der Waals surface area contributed by atoms with E-state index in [-0.39, 0.29) is 6.17 Å². The molecule has 0 spiro atoms. The Morgan fingerprint density at radius 3 is 2.42 bits per heavy atom. The van der Waals surface area contributed by atoms with Crippen LogP contribution in [0.25, 0.3) is 0 Å². The Balaban J connectivity index is 2.25. The molecule has 0 aromatic heterocycles. The zero-order chi connectivity index (χ0) is 8.81. The minimum Gasteiger partial charge on any atom is -0.493 e. The zero-order valence-corrected chi connectivity index (χ0v) is 6.94. The third-order valence-electron chi connectivity index (χ3n) is 1.46. The van der Waals surface area contributed by atoms with Gasteiger partial charge in [-0.1, -0.05) is 18.2 Å². The summed E-state index contributed by atoms with van der Waals surface area (Å²) in [7, 11) is 0. The Kier molecular flexibility index (Phi) is 3.57. The zero-order valence-electron chi connectivity index (χ0n) is 6.94. The number of hydrogen-bond acceptors (Lipinski definition) is 3. The van der Waals surface area contributed by atoms with E-state index in [4.69, 9.17) is 16.2 Å². The standard InChI is InChI=1S/C9H14N2O/c10-9(11)6-7-12-8-4-2-1-3-5-8/h1-5,9H,6-7,10-11H2. The first-order valence-corrected chi connectivity index (χ1v) is 3.98. The van der Waals surface area contributed by atoms with Crippen LogP contribution in [0, 0.1) is 0 Å². The highest BCUT2D eigenvalue weighted by Gasteiger charge is 1.94. The topological polar surface area (TPSA) is 61.3 Å². The summed E-state index contributed by atoms with van der Waals surface area (Å²) in [4.78, 5) is 0. The summed E-state index contributed by atoms with van der Waals surface area (Å²) in [6.45, 7) is 0.571. The molecular formula is C9H14N2O. The molecule has 0 atom stereocenters. The van der Waals surface area contributed by atoms with Crippen molar-refractivity contribution in [3.8, 4) is 5.75 Å². The minimum absolute atomic E-state index is 0.284. The van der Waals surface area contributed by atoms with Crippen molar-refractivity contribution in [3.63, 3.8) is 0 Å². The van der Waals surface area contributed by atoms with Crippen molar-refractivity contribution in [2.24, 2.45) is 11.5 Å². The van der Waals surface area contributed by atoms with Crippen molar-refractivity contribution in [2.75, 3.05) is 6.61 Å². The first-order valence-electron chi connectivity index (χ1n) is 3.98. The molecule has 0 fully saturated rings. The summed E-state index contributed by atoms with van der Waals surface area (Å²) in [5.74, 6) is 0.859. The van der Waals surface area contributed by atoms with E-state index >= 15 is 0 Å². The summed E-state index contributed by atoms with van der Waals surface area (Å²) >= 11 is 0. The fourth-order valence-electron chi connectivity index (χ4n) is 0.830. The SMILES string of the molecule is NC(N)CCOc1ccccc1. The predicted octanol–water partition coefficient (Wildman–Crippen LogP) is 0.699. The van der Waals surface area contributed by atoms with Gasteiger partial charge in [0.2, 0.25) is 0 Å². The average molecular weight is 166 g/mol.